The number of hydrogen-bond donors (Lipinski definition) is 2. The fraction of sp³-hybridized carbons (Fsp3) is 0.292. The summed E-state index contributed by atoms with van der Waals surface area (Å²) < 4.78 is 2.24. The zero-order valence-corrected chi connectivity index (χ0v) is 19.1. The minimum absolute atomic E-state index is 0. The molecule has 0 radical (unpaired) electrons. The number of hydrogen-bond acceptors (Lipinski definition) is 4. The van der Waals surface area contributed by atoms with Crippen molar-refractivity contribution in [3.63, 3.8) is 0 Å². The summed E-state index contributed by atoms with van der Waals surface area (Å²) >= 11 is 5.65. The fourth-order valence-corrected chi connectivity index (χ4v) is 4.85. The number of carbonyl (C=O) groups is 2. The molecular formula is C24H30N4O3S. The molecule has 2 aromatic carbocycles. The first-order valence-electron chi connectivity index (χ1n) is 10.7. The third-order valence-corrected chi connectivity index (χ3v) is 6.62. The lowest BCUT2D eigenvalue weighted by Crippen LogP contribution is -2.55. The lowest BCUT2D eigenvalue weighted by molar-refractivity contribution is 0.0706. The van der Waals surface area contributed by atoms with Crippen molar-refractivity contribution in [2.45, 2.75) is 32.9 Å². The molecule has 2 N–H and O–H groups in total. The molecule has 5 rings (SSSR count). The molecule has 3 amide bonds. The van der Waals surface area contributed by atoms with Gasteiger partial charge in [0.15, 0.2) is 0 Å². The minimum atomic E-state index is -0.540. The lowest BCUT2D eigenvalue weighted by atomic mass is 9.89. The van der Waals surface area contributed by atoms with Gasteiger partial charge in [-0.3, -0.25) is 14.9 Å². The van der Waals surface area contributed by atoms with Crippen LogP contribution in [0.15, 0.2) is 48.5 Å². The Morgan fingerprint density at radius 2 is 1.88 bits per heavy atom. The molecule has 0 aliphatic carbocycles. The second-order valence-electron chi connectivity index (χ2n) is 7.71. The van der Waals surface area contributed by atoms with E-state index in [1.54, 1.807) is 29.6 Å². The van der Waals surface area contributed by atoms with Gasteiger partial charge in [-0.2, -0.15) is 0 Å². The maximum Gasteiger partial charge on any atom is 0.325 e. The largest absolute Gasteiger partial charge is 0.338 e. The monoisotopic (exact) mass is 454 g/mol. The zero-order valence-electron chi connectivity index (χ0n) is 18.3. The van der Waals surface area contributed by atoms with Gasteiger partial charge in [-0.1, -0.05) is 56.4 Å². The molecule has 2 bridgehead atoms. The molecule has 2 aliphatic rings. The molecule has 1 saturated heterocycles. The number of aromatic nitrogens is 1. The van der Waals surface area contributed by atoms with E-state index in [-0.39, 0.29) is 14.8 Å². The Bertz CT molecular complexity index is 1210. The molecule has 7 nitrogen and oxygen atoms in total. The van der Waals surface area contributed by atoms with E-state index in [9.17, 15) is 9.59 Å². The third-order valence-electron chi connectivity index (χ3n) is 6.06. The highest BCUT2D eigenvalue weighted by Crippen LogP contribution is 2.41. The molecule has 1 fully saturated rings. The maximum absolute atomic E-state index is 12.7. The normalized spacial score (nSPS) is 17.1. The van der Waals surface area contributed by atoms with Crippen molar-refractivity contribution < 1.29 is 17.6 Å². The number of amides is 3. The number of likely N-dealkylation sites (N-methyl/N-ethyl adjacent to an activating group) is 1. The molecule has 0 saturated carbocycles. The Kier molecular flexibility index (Phi) is 5.99. The van der Waals surface area contributed by atoms with Gasteiger partial charge in [0.25, 0.3) is 5.91 Å². The van der Waals surface area contributed by atoms with Crippen LogP contribution >= 0.6 is 12.2 Å². The Morgan fingerprint density at radius 3 is 2.56 bits per heavy atom. The van der Waals surface area contributed by atoms with Crippen LogP contribution in [-0.4, -0.2) is 50.1 Å². The van der Waals surface area contributed by atoms with Crippen LogP contribution in [0.3, 0.4) is 0 Å². The Hall–Kier alpha value is -3.23. The van der Waals surface area contributed by atoms with Crippen molar-refractivity contribution in [2.75, 3.05) is 13.6 Å². The summed E-state index contributed by atoms with van der Waals surface area (Å²) in [6.45, 7) is 5.76. The molecule has 1 atom stereocenters. The first-order valence-corrected chi connectivity index (χ1v) is 11.1. The van der Waals surface area contributed by atoms with Crippen molar-refractivity contribution in [1.29, 1.82) is 0 Å². The first kappa shape index (κ1) is 22.0. The van der Waals surface area contributed by atoms with E-state index in [0.717, 1.165) is 16.8 Å². The van der Waals surface area contributed by atoms with Gasteiger partial charge in [-0.15, -0.1) is 0 Å². The van der Waals surface area contributed by atoms with E-state index in [2.05, 4.69) is 16.7 Å². The number of thiocarbonyl (C=S) groups is 1. The summed E-state index contributed by atoms with van der Waals surface area (Å²) in [5, 5.41) is 9.97. The molecule has 8 heteroatoms. The molecule has 1 aromatic heterocycles. The van der Waals surface area contributed by atoms with Gasteiger partial charge in [0.05, 0.1) is 17.5 Å². The average molecular weight is 455 g/mol. The van der Waals surface area contributed by atoms with Crippen LogP contribution in [0.1, 0.15) is 49.8 Å². The highest BCUT2D eigenvalue weighted by Gasteiger charge is 2.42. The average Bonchev–Trinajstić information content (AvgIpc) is 3.16. The number of carbonyl (C=O) groups excluding carboxylic acids is 2. The second-order valence-corrected chi connectivity index (χ2v) is 8.13. The summed E-state index contributed by atoms with van der Waals surface area (Å²) in [6, 6.07) is 15.3. The van der Waals surface area contributed by atoms with E-state index < -0.39 is 5.91 Å². The van der Waals surface area contributed by atoms with E-state index >= 15 is 0 Å². The van der Waals surface area contributed by atoms with Crippen molar-refractivity contribution >= 4 is 40.0 Å². The fourth-order valence-electron chi connectivity index (χ4n) is 4.58. The minimum Gasteiger partial charge on any atom is -0.338 e. The standard InChI is InChI=1S/C22H20N4O3S.C2H6.2H2/c1-24-21(30)16-11-25(22(24)28)12-18-19(16)15-4-2-3-5-17(15)26(18)10-13-6-8-14(9-7-13)20(27)23-29;1-2;;/h2-9,16,29H,10-12H2,1H3,(H,23,27);1-2H3;2*1H. The summed E-state index contributed by atoms with van der Waals surface area (Å²) in [5.41, 5.74) is 6.47. The Morgan fingerprint density at radius 1 is 1.19 bits per heavy atom. The molecule has 3 aromatic rings. The highest BCUT2D eigenvalue weighted by atomic mass is 32.1. The van der Waals surface area contributed by atoms with Gasteiger partial charge in [0, 0.05) is 45.2 Å². The number of urea groups is 1. The van der Waals surface area contributed by atoms with Crippen LogP contribution in [0.25, 0.3) is 10.9 Å². The quantitative estimate of drug-likeness (QED) is 0.344. The van der Waals surface area contributed by atoms with Gasteiger partial charge in [0.2, 0.25) is 0 Å². The molecule has 0 spiro atoms. The van der Waals surface area contributed by atoms with Gasteiger partial charge < -0.3 is 9.47 Å². The molecule has 3 heterocycles. The topological polar surface area (TPSA) is 77.8 Å². The second kappa shape index (κ2) is 8.72. The van der Waals surface area contributed by atoms with Crippen LogP contribution in [0, 0.1) is 0 Å². The maximum atomic E-state index is 12.7. The van der Waals surface area contributed by atoms with Gasteiger partial charge in [-0.05, 0) is 29.3 Å². The zero-order chi connectivity index (χ0) is 23.0. The molecule has 1 unspecified atom stereocenters. The SMILES string of the molecule is CC.CN1C(=O)N2Cc3c(c4ccccc4n3Cc3ccc(C(=O)NO)cc3)C(C2)C1=S.[HH].[HH]. The van der Waals surface area contributed by atoms with Crippen LogP contribution < -0.4 is 5.48 Å². The van der Waals surface area contributed by atoms with Gasteiger partial charge in [-0.25, -0.2) is 10.3 Å². The van der Waals surface area contributed by atoms with E-state index in [1.807, 2.05) is 43.0 Å². The van der Waals surface area contributed by atoms with Crippen LogP contribution in [0.4, 0.5) is 4.79 Å². The van der Waals surface area contributed by atoms with Crippen molar-refractivity contribution in [1.82, 2.24) is 19.8 Å². The van der Waals surface area contributed by atoms with Crippen LogP contribution in [-0.2, 0) is 13.1 Å². The number of nitrogens with zero attached hydrogens (tertiary/aromatic N) is 3. The lowest BCUT2D eigenvalue weighted by Gasteiger charge is -2.42. The van der Waals surface area contributed by atoms with Crippen LogP contribution in [0.5, 0.6) is 0 Å². The van der Waals surface area contributed by atoms with Crippen molar-refractivity contribution in [3.05, 3.63) is 70.9 Å². The van der Waals surface area contributed by atoms with E-state index in [1.165, 1.54) is 10.9 Å². The first-order chi connectivity index (χ1) is 15.5. The molecule has 170 valence electrons. The number of fused-ring (bicyclic) bond motifs is 6. The summed E-state index contributed by atoms with van der Waals surface area (Å²) in [7, 11) is 1.75. The predicted molar refractivity (Wildman–Crippen MR) is 131 cm³/mol. The Balaban J connectivity index is 0.000000995. The van der Waals surface area contributed by atoms with E-state index in [4.69, 9.17) is 17.4 Å². The molecule has 2 aliphatic heterocycles. The smallest absolute Gasteiger partial charge is 0.325 e. The number of hydroxylamine groups is 1. The number of rotatable bonds is 3. The summed E-state index contributed by atoms with van der Waals surface area (Å²) in [6.07, 6.45) is 0. The highest BCUT2D eigenvalue weighted by molar-refractivity contribution is 7.80. The summed E-state index contributed by atoms with van der Waals surface area (Å²) in [4.78, 5) is 28.4. The summed E-state index contributed by atoms with van der Waals surface area (Å²) in [5.74, 6) is -0.532. The van der Waals surface area contributed by atoms with Crippen LogP contribution in [0.2, 0.25) is 0 Å². The van der Waals surface area contributed by atoms with Gasteiger partial charge in [0.1, 0.15) is 0 Å². The number of nitrogens with one attached hydrogen (secondary N) is 1. The van der Waals surface area contributed by atoms with E-state index in [0.29, 0.717) is 30.2 Å². The van der Waals surface area contributed by atoms with Crippen molar-refractivity contribution in [3.8, 4) is 0 Å². The predicted octanol–water partition coefficient (Wildman–Crippen LogP) is 4.62. The molecule has 32 heavy (non-hydrogen) atoms. The Labute approximate surface area is 195 Å². The number of para-hydroxylation sites is 1. The molecular weight excluding hydrogens is 424 g/mol. The van der Waals surface area contributed by atoms with Crippen molar-refractivity contribution in [2.24, 2.45) is 0 Å². The number of benzene rings is 2. The third kappa shape index (κ3) is 3.45. The van der Waals surface area contributed by atoms with Gasteiger partial charge >= 0.3 is 6.03 Å².